The molecular formula is C12H12N2O4. The van der Waals surface area contributed by atoms with E-state index in [4.69, 9.17) is 4.74 Å². The number of nitrogens with zero attached hydrogens (tertiary/aromatic N) is 2. The lowest BCUT2D eigenvalue weighted by atomic mass is 10.2. The summed E-state index contributed by atoms with van der Waals surface area (Å²) in [4.78, 5) is 22.0. The van der Waals surface area contributed by atoms with Crippen LogP contribution in [0, 0.1) is 17.0 Å². The molecule has 18 heavy (non-hydrogen) atoms. The Kier molecular flexibility index (Phi) is 3.01. The van der Waals surface area contributed by atoms with Crippen molar-refractivity contribution >= 4 is 17.2 Å². The summed E-state index contributed by atoms with van der Waals surface area (Å²) in [6.45, 7) is 3.80. The number of esters is 1. The number of hydrogen-bond acceptors (Lipinski definition) is 4. The van der Waals surface area contributed by atoms with Crippen LogP contribution in [0.4, 0.5) is 5.69 Å². The van der Waals surface area contributed by atoms with Gasteiger partial charge in [0.05, 0.1) is 28.8 Å². The summed E-state index contributed by atoms with van der Waals surface area (Å²) in [7, 11) is 0. The predicted molar refractivity (Wildman–Crippen MR) is 64.7 cm³/mol. The Morgan fingerprint density at radius 1 is 1.44 bits per heavy atom. The van der Waals surface area contributed by atoms with Gasteiger partial charge >= 0.3 is 5.97 Å². The third-order valence-electron chi connectivity index (χ3n) is 2.64. The molecule has 2 heterocycles. The zero-order valence-electron chi connectivity index (χ0n) is 10.0. The van der Waals surface area contributed by atoms with Crippen molar-refractivity contribution in [2.24, 2.45) is 0 Å². The highest BCUT2D eigenvalue weighted by molar-refractivity contribution is 5.99. The first-order valence-corrected chi connectivity index (χ1v) is 5.47. The molecule has 6 heteroatoms. The Balaban J connectivity index is 2.59. The Morgan fingerprint density at radius 2 is 2.17 bits per heavy atom. The molecule has 0 amide bonds. The molecule has 0 spiro atoms. The molecule has 0 saturated carbocycles. The summed E-state index contributed by atoms with van der Waals surface area (Å²) in [5.74, 6) is -0.411. The second kappa shape index (κ2) is 4.48. The molecule has 0 radical (unpaired) electrons. The van der Waals surface area contributed by atoms with Gasteiger partial charge in [-0.15, -0.1) is 0 Å². The number of pyridine rings is 1. The molecule has 0 unspecified atom stereocenters. The average molecular weight is 248 g/mol. The third kappa shape index (κ3) is 1.92. The first-order chi connectivity index (χ1) is 8.54. The minimum atomic E-state index is -0.473. The second-order valence-electron chi connectivity index (χ2n) is 3.84. The Morgan fingerprint density at radius 3 is 2.78 bits per heavy atom. The topological polar surface area (TPSA) is 73.8 Å². The number of aromatic nitrogens is 1. The number of aryl methyl sites for hydroxylation is 1. The maximum Gasteiger partial charge on any atom is 0.340 e. The number of nitro groups is 1. The Hall–Kier alpha value is -2.37. The van der Waals surface area contributed by atoms with Gasteiger partial charge < -0.3 is 9.14 Å². The molecule has 0 aliphatic carbocycles. The largest absolute Gasteiger partial charge is 0.462 e. The molecule has 0 aliphatic rings. The van der Waals surface area contributed by atoms with Crippen molar-refractivity contribution in [3.63, 3.8) is 0 Å². The van der Waals surface area contributed by atoms with Crippen molar-refractivity contribution in [2.75, 3.05) is 6.61 Å². The van der Waals surface area contributed by atoms with Crippen LogP contribution in [-0.4, -0.2) is 21.9 Å². The van der Waals surface area contributed by atoms with E-state index >= 15 is 0 Å². The van der Waals surface area contributed by atoms with Gasteiger partial charge in [-0.2, -0.15) is 0 Å². The molecule has 94 valence electrons. The van der Waals surface area contributed by atoms with Crippen LogP contribution in [0.25, 0.3) is 5.52 Å². The molecule has 0 atom stereocenters. The van der Waals surface area contributed by atoms with Crippen molar-refractivity contribution in [1.82, 2.24) is 4.40 Å². The number of rotatable bonds is 3. The normalized spacial score (nSPS) is 10.6. The lowest BCUT2D eigenvalue weighted by Crippen LogP contribution is -2.05. The van der Waals surface area contributed by atoms with E-state index in [0.29, 0.717) is 17.7 Å². The predicted octanol–water partition coefficient (Wildman–Crippen LogP) is 2.33. The number of carbonyl (C=O) groups excluding carboxylic acids is 1. The lowest BCUT2D eigenvalue weighted by molar-refractivity contribution is -0.385. The molecule has 0 saturated heterocycles. The number of fused-ring (bicyclic) bond motifs is 1. The minimum absolute atomic E-state index is 0.0205. The fraction of sp³-hybridized carbons (Fsp3) is 0.250. The SMILES string of the molecule is CCOC(=O)c1c(C)cn2cc([N+](=O)[O-])ccc12. The summed E-state index contributed by atoms with van der Waals surface area (Å²) in [6, 6.07) is 2.93. The van der Waals surface area contributed by atoms with Gasteiger partial charge in [-0.1, -0.05) is 0 Å². The fourth-order valence-electron chi connectivity index (χ4n) is 1.88. The Labute approximate surface area is 103 Å². The number of hydrogen-bond donors (Lipinski definition) is 0. The monoisotopic (exact) mass is 248 g/mol. The summed E-state index contributed by atoms with van der Waals surface area (Å²) in [5, 5.41) is 10.7. The van der Waals surface area contributed by atoms with E-state index in [9.17, 15) is 14.9 Å². The molecule has 0 aliphatic heterocycles. The van der Waals surface area contributed by atoms with Crippen LogP contribution in [0.3, 0.4) is 0 Å². The zero-order chi connectivity index (χ0) is 13.3. The first-order valence-electron chi connectivity index (χ1n) is 5.47. The fourth-order valence-corrected chi connectivity index (χ4v) is 1.88. The van der Waals surface area contributed by atoms with E-state index in [2.05, 4.69) is 0 Å². The summed E-state index contributed by atoms with van der Waals surface area (Å²) in [5.41, 5.74) is 1.77. The first kappa shape index (κ1) is 12.1. The zero-order valence-corrected chi connectivity index (χ0v) is 10.0. The van der Waals surface area contributed by atoms with Crippen LogP contribution < -0.4 is 0 Å². The van der Waals surface area contributed by atoms with Gasteiger partial charge in [0, 0.05) is 12.3 Å². The van der Waals surface area contributed by atoms with E-state index in [1.807, 2.05) is 0 Å². The van der Waals surface area contributed by atoms with Crippen LogP contribution in [0.5, 0.6) is 0 Å². The van der Waals surface area contributed by atoms with Gasteiger partial charge in [-0.05, 0) is 25.5 Å². The maximum atomic E-state index is 11.8. The van der Waals surface area contributed by atoms with E-state index in [-0.39, 0.29) is 5.69 Å². The molecular weight excluding hydrogens is 236 g/mol. The quantitative estimate of drug-likeness (QED) is 0.474. The van der Waals surface area contributed by atoms with Crippen molar-refractivity contribution < 1.29 is 14.5 Å². The highest BCUT2D eigenvalue weighted by Crippen LogP contribution is 2.22. The van der Waals surface area contributed by atoms with Gasteiger partial charge in [-0.3, -0.25) is 10.1 Å². The highest BCUT2D eigenvalue weighted by atomic mass is 16.6. The summed E-state index contributed by atoms with van der Waals surface area (Å²) < 4.78 is 6.54. The molecule has 6 nitrogen and oxygen atoms in total. The second-order valence-corrected chi connectivity index (χ2v) is 3.84. The summed E-state index contributed by atoms with van der Waals surface area (Å²) >= 11 is 0. The maximum absolute atomic E-state index is 11.8. The van der Waals surface area contributed by atoms with Crippen LogP contribution >= 0.6 is 0 Å². The molecule has 2 aromatic heterocycles. The molecule has 0 bridgehead atoms. The standard InChI is InChI=1S/C12H12N2O4/c1-3-18-12(15)11-8(2)6-13-7-9(14(16)17)4-5-10(11)13/h4-7H,3H2,1-2H3. The van der Waals surface area contributed by atoms with Crippen molar-refractivity contribution in [2.45, 2.75) is 13.8 Å². The molecule has 2 rings (SSSR count). The van der Waals surface area contributed by atoms with Crippen molar-refractivity contribution in [1.29, 1.82) is 0 Å². The molecule has 2 aromatic rings. The van der Waals surface area contributed by atoms with Gasteiger partial charge in [-0.25, -0.2) is 4.79 Å². The molecule has 0 fully saturated rings. The average Bonchev–Trinajstić information content (AvgIpc) is 2.63. The van der Waals surface area contributed by atoms with Gasteiger partial charge in [0.2, 0.25) is 0 Å². The summed E-state index contributed by atoms with van der Waals surface area (Å²) in [6.07, 6.45) is 3.06. The van der Waals surface area contributed by atoms with Crippen LogP contribution in [0.2, 0.25) is 0 Å². The van der Waals surface area contributed by atoms with Gasteiger partial charge in [0.15, 0.2) is 0 Å². The number of ether oxygens (including phenoxy) is 1. The van der Waals surface area contributed by atoms with Gasteiger partial charge in [0.25, 0.3) is 5.69 Å². The minimum Gasteiger partial charge on any atom is -0.462 e. The van der Waals surface area contributed by atoms with E-state index < -0.39 is 10.9 Å². The van der Waals surface area contributed by atoms with E-state index in [0.717, 1.165) is 5.56 Å². The Bertz CT molecular complexity index is 630. The third-order valence-corrected chi connectivity index (χ3v) is 2.64. The number of carbonyl (C=O) groups is 1. The van der Waals surface area contributed by atoms with Crippen molar-refractivity contribution in [3.8, 4) is 0 Å². The van der Waals surface area contributed by atoms with Crippen molar-refractivity contribution in [3.05, 3.63) is 45.8 Å². The smallest absolute Gasteiger partial charge is 0.340 e. The van der Waals surface area contributed by atoms with E-state index in [1.165, 1.54) is 12.3 Å². The molecule has 0 N–H and O–H groups in total. The lowest BCUT2D eigenvalue weighted by Gasteiger charge is -2.01. The van der Waals surface area contributed by atoms with Gasteiger partial charge in [0.1, 0.15) is 0 Å². The highest BCUT2D eigenvalue weighted by Gasteiger charge is 2.18. The van der Waals surface area contributed by atoms with Crippen LogP contribution in [0.1, 0.15) is 22.8 Å². The van der Waals surface area contributed by atoms with E-state index in [1.54, 1.807) is 30.5 Å². The van der Waals surface area contributed by atoms with Crippen LogP contribution in [-0.2, 0) is 4.74 Å². The molecule has 0 aromatic carbocycles. The van der Waals surface area contributed by atoms with Crippen LogP contribution in [0.15, 0.2) is 24.5 Å².